The van der Waals surface area contributed by atoms with Crippen molar-refractivity contribution in [3.05, 3.63) is 24.0 Å². The summed E-state index contributed by atoms with van der Waals surface area (Å²) in [5.74, 6) is -0.873. The average molecular weight is 265 g/mol. The fourth-order valence-corrected chi connectivity index (χ4v) is 2.35. The summed E-state index contributed by atoms with van der Waals surface area (Å²) in [5, 5.41) is 9.43. The number of carbonyl (C=O) groups excluding carboxylic acids is 1. The van der Waals surface area contributed by atoms with E-state index in [2.05, 4.69) is 0 Å². The first kappa shape index (κ1) is 13.6. The molecule has 1 aliphatic rings. The molecule has 1 aromatic heterocycles. The van der Waals surface area contributed by atoms with Crippen molar-refractivity contribution >= 4 is 12.1 Å². The van der Waals surface area contributed by atoms with Gasteiger partial charge in [-0.15, -0.1) is 0 Å². The lowest BCUT2D eigenvalue weighted by Crippen LogP contribution is -2.45. The van der Waals surface area contributed by atoms with Crippen LogP contribution in [0.1, 0.15) is 45.7 Å². The molecule has 1 heterocycles. The molecule has 0 atom stereocenters. The van der Waals surface area contributed by atoms with Crippen molar-refractivity contribution in [2.75, 3.05) is 0 Å². The number of carbonyl (C=O) groups is 2. The summed E-state index contributed by atoms with van der Waals surface area (Å²) >= 11 is 0. The average Bonchev–Trinajstić information content (AvgIpc) is 2.61. The van der Waals surface area contributed by atoms with Crippen LogP contribution in [0.25, 0.3) is 0 Å². The molecule has 1 saturated carbocycles. The summed E-state index contributed by atoms with van der Waals surface area (Å²) in [6.45, 7) is 5.35. The predicted molar refractivity (Wildman–Crippen MR) is 69.2 cm³/mol. The molecule has 0 bridgehead atoms. The van der Waals surface area contributed by atoms with Crippen LogP contribution in [0.3, 0.4) is 0 Å². The lowest BCUT2D eigenvalue weighted by atomic mass is 9.66. The van der Waals surface area contributed by atoms with E-state index in [1.165, 1.54) is 4.57 Å². The van der Waals surface area contributed by atoms with E-state index in [1.807, 2.05) is 0 Å². The van der Waals surface area contributed by atoms with E-state index in [-0.39, 0.29) is 0 Å². The zero-order chi connectivity index (χ0) is 14.3. The number of hydrogen-bond donors (Lipinski definition) is 1. The Morgan fingerprint density at radius 2 is 2.00 bits per heavy atom. The van der Waals surface area contributed by atoms with Crippen LogP contribution < -0.4 is 0 Å². The van der Waals surface area contributed by atoms with Crippen molar-refractivity contribution in [1.82, 2.24) is 4.57 Å². The SMILES string of the molecule is CC(C)(C)OC(=O)n1cccc1C1(C(=O)O)CCC1. The van der Waals surface area contributed by atoms with Gasteiger partial charge in [0, 0.05) is 11.9 Å². The Labute approximate surface area is 112 Å². The Morgan fingerprint density at radius 1 is 1.37 bits per heavy atom. The Balaban J connectivity index is 2.33. The standard InChI is InChI=1S/C14H19NO4/c1-13(2,3)19-12(18)15-9-4-6-10(15)14(11(16)17)7-5-8-14/h4,6,9H,5,7-8H2,1-3H3,(H,16,17). The van der Waals surface area contributed by atoms with Crippen LogP contribution in [0, 0.1) is 0 Å². The fraction of sp³-hybridized carbons (Fsp3) is 0.571. The van der Waals surface area contributed by atoms with Crippen molar-refractivity contribution < 1.29 is 19.4 Å². The molecule has 0 aromatic carbocycles. The normalized spacial score (nSPS) is 17.6. The Morgan fingerprint density at radius 3 is 2.42 bits per heavy atom. The van der Waals surface area contributed by atoms with Gasteiger partial charge in [0.2, 0.25) is 0 Å². The van der Waals surface area contributed by atoms with Crippen molar-refractivity contribution in [3.8, 4) is 0 Å². The lowest BCUT2D eigenvalue weighted by Gasteiger charge is -2.38. The fourth-order valence-electron chi connectivity index (χ4n) is 2.35. The second kappa shape index (κ2) is 4.40. The first-order valence-electron chi connectivity index (χ1n) is 6.41. The van der Waals surface area contributed by atoms with Gasteiger partial charge in [0.25, 0.3) is 0 Å². The van der Waals surface area contributed by atoms with Crippen LogP contribution in [-0.2, 0) is 14.9 Å². The molecule has 0 spiro atoms. The van der Waals surface area contributed by atoms with E-state index < -0.39 is 23.1 Å². The summed E-state index contributed by atoms with van der Waals surface area (Å²) < 4.78 is 6.62. The molecular weight excluding hydrogens is 246 g/mol. The van der Waals surface area contributed by atoms with Crippen molar-refractivity contribution in [2.24, 2.45) is 0 Å². The molecular formula is C14H19NO4. The van der Waals surface area contributed by atoms with E-state index in [0.29, 0.717) is 18.5 Å². The number of rotatable bonds is 2. The van der Waals surface area contributed by atoms with Gasteiger partial charge in [-0.3, -0.25) is 9.36 Å². The maximum Gasteiger partial charge on any atom is 0.418 e. The molecule has 1 aliphatic carbocycles. The smallest absolute Gasteiger partial charge is 0.418 e. The number of carboxylic acids is 1. The largest absolute Gasteiger partial charge is 0.481 e. The molecule has 1 N–H and O–H groups in total. The van der Waals surface area contributed by atoms with Crippen LogP contribution in [0.4, 0.5) is 4.79 Å². The number of aliphatic carboxylic acids is 1. The molecule has 1 aromatic rings. The van der Waals surface area contributed by atoms with E-state index in [9.17, 15) is 14.7 Å². The van der Waals surface area contributed by atoms with E-state index in [4.69, 9.17) is 4.74 Å². The third kappa shape index (κ3) is 2.37. The zero-order valence-corrected chi connectivity index (χ0v) is 11.5. The molecule has 0 amide bonds. The van der Waals surface area contributed by atoms with E-state index in [0.717, 1.165) is 6.42 Å². The number of nitrogens with zero attached hydrogens (tertiary/aromatic N) is 1. The molecule has 0 radical (unpaired) electrons. The number of carboxylic acid groups (broad SMARTS) is 1. The minimum absolute atomic E-state index is 0.514. The van der Waals surface area contributed by atoms with Gasteiger partial charge in [-0.2, -0.15) is 0 Å². The summed E-state index contributed by atoms with van der Waals surface area (Å²) in [6, 6.07) is 3.37. The van der Waals surface area contributed by atoms with Crippen LogP contribution >= 0.6 is 0 Å². The number of aromatic nitrogens is 1. The van der Waals surface area contributed by atoms with Crippen LogP contribution in [0.15, 0.2) is 18.3 Å². The Hall–Kier alpha value is -1.78. The molecule has 2 rings (SSSR count). The maximum absolute atomic E-state index is 12.1. The van der Waals surface area contributed by atoms with Crippen molar-refractivity contribution in [3.63, 3.8) is 0 Å². The molecule has 1 fully saturated rings. The molecule has 104 valence electrons. The topological polar surface area (TPSA) is 68.5 Å². The van der Waals surface area contributed by atoms with Crippen LogP contribution in [0.5, 0.6) is 0 Å². The molecule has 0 saturated heterocycles. The van der Waals surface area contributed by atoms with E-state index >= 15 is 0 Å². The minimum Gasteiger partial charge on any atom is -0.481 e. The van der Waals surface area contributed by atoms with Crippen molar-refractivity contribution in [1.29, 1.82) is 0 Å². The molecule has 0 unspecified atom stereocenters. The number of ether oxygens (including phenoxy) is 1. The van der Waals surface area contributed by atoms with Gasteiger partial charge in [0.1, 0.15) is 11.0 Å². The summed E-state index contributed by atoms with van der Waals surface area (Å²) in [7, 11) is 0. The highest BCUT2D eigenvalue weighted by molar-refractivity contribution is 5.84. The number of hydrogen-bond acceptors (Lipinski definition) is 3. The molecule has 5 nitrogen and oxygen atoms in total. The monoisotopic (exact) mass is 265 g/mol. The van der Waals surface area contributed by atoms with Gasteiger partial charge < -0.3 is 9.84 Å². The summed E-state index contributed by atoms with van der Waals surface area (Å²) in [6.07, 6.45) is 3.03. The molecule has 5 heteroatoms. The summed E-state index contributed by atoms with van der Waals surface area (Å²) in [5.41, 5.74) is -1.02. The maximum atomic E-state index is 12.1. The minimum atomic E-state index is -0.930. The first-order valence-corrected chi connectivity index (χ1v) is 6.41. The highest BCUT2D eigenvalue weighted by Gasteiger charge is 2.48. The van der Waals surface area contributed by atoms with Gasteiger partial charge >= 0.3 is 12.1 Å². The Bertz CT molecular complexity index is 506. The lowest BCUT2D eigenvalue weighted by molar-refractivity contribution is -0.147. The highest BCUT2D eigenvalue weighted by atomic mass is 16.6. The van der Waals surface area contributed by atoms with Crippen LogP contribution in [-0.4, -0.2) is 27.3 Å². The Kier molecular flexibility index (Phi) is 3.16. The first-order chi connectivity index (χ1) is 8.76. The second-order valence-electron chi connectivity index (χ2n) is 5.98. The quantitative estimate of drug-likeness (QED) is 0.892. The van der Waals surface area contributed by atoms with Crippen molar-refractivity contribution in [2.45, 2.75) is 51.0 Å². The predicted octanol–water partition coefficient (Wildman–Crippen LogP) is 2.78. The molecule has 0 aliphatic heterocycles. The van der Waals surface area contributed by atoms with E-state index in [1.54, 1.807) is 39.1 Å². The van der Waals surface area contributed by atoms with Gasteiger partial charge in [0.05, 0.1) is 0 Å². The summed E-state index contributed by atoms with van der Waals surface area (Å²) in [4.78, 5) is 23.6. The third-order valence-electron chi connectivity index (χ3n) is 3.45. The van der Waals surface area contributed by atoms with Gasteiger partial charge in [-0.25, -0.2) is 4.79 Å². The second-order valence-corrected chi connectivity index (χ2v) is 5.98. The van der Waals surface area contributed by atoms with Gasteiger partial charge in [0.15, 0.2) is 0 Å². The molecule has 19 heavy (non-hydrogen) atoms. The zero-order valence-electron chi connectivity index (χ0n) is 11.5. The van der Waals surface area contributed by atoms with Gasteiger partial charge in [-0.05, 0) is 45.7 Å². The third-order valence-corrected chi connectivity index (χ3v) is 3.45. The van der Waals surface area contributed by atoms with Gasteiger partial charge in [-0.1, -0.05) is 6.42 Å². The van der Waals surface area contributed by atoms with Crippen LogP contribution in [0.2, 0.25) is 0 Å². The highest BCUT2D eigenvalue weighted by Crippen LogP contribution is 2.44.